The van der Waals surface area contributed by atoms with Gasteiger partial charge in [-0.2, -0.15) is 9.97 Å². The van der Waals surface area contributed by atoms with Gasteiger partial charge >= 0.3 is 20.1 Å². The third-order valence-corrected chi connectivity index (χ3v) is 6.44. The normalized spacial score (nSPS) is 22.2. The molecule has 0 bridgehead atoms. The van der Waals surface area contributed by atoms with Crippen LogP contribution in [0.1, 0.15) is 40.8 Å². The molecule has 0 radical (unpaired) electrons. The lowest BCUT2D eigenvalue weighted by atomic mass is 10.1. The van der Waals surface area contributed by atoms with Gasteiger partial charge in [-0.05, 0) is 34.6 Å². The number of imidazole rings is 1. The Morgan fingerprint density at radius 2 is 1.70 bits per heavy atom. The number of rotatable bonds is 14. The van der Waals surface area contributed by atoms with E-state index in [1.807, 2.05) is 0 Å². The summed E-state index contributed by atoms with van der Waals surface area (Å²) in [5.74, 6) is -3.66. The Hall–Kier alpha value is -3.42. The quantitative estimate of drug-likeness (QED) is 0.171. The lowest BCUT2D eigenvalue weighted by molar-refractivity contribution is -0.205. The van der Waals surface area contributed by atoms with Crippen LogP contribution in [0, 0.1) is 0 Å². The first-order valence-electron chi connectivity index (χ1n) is 12.7. The van der Waals surface area contributed by atoms with E-state index in [1.165, 1.54) is 27.7 Å². The Morgan fingerprint density at radius 1 is 1.12 bits per heavy atom. The van der Waals surface area contributed by atoms with Gasteiger partial charge < -0.3 is 39.3 Å². The molecule has 43 heavy (non-hydrogen) atoms. The number of nitrogens with two attached hydrogens (primary N) is 1. The molecule has 3 N–H and O–H groups in total. The van der Waals surface area contributed by atoms with Crippen molar-refractivity contribution in [3.05, 3.63) is 6.33 Å². The molecule has 0 spiro atoms. The first-order valence-corrected chi connectivity index (χ1v) is 14.2. The summed E-state index contributed by atoms with van der Waals surface area (Å²) in [6.07, 6.45) is -9.36. The monoisotopic (exact) mass is 643 g/mol. The molecule has 18 nitrogen and oxygen atoms in total. The van der Waals surface area contributed by atoms with E-state index in [-0.39, 0.29) is 29.6 Å². The summed E-state index contributed by atoms with van der Waals surface area (Å²) in [5, 5.41) is 10.4. The second kappa shape index (κ2) is 14.4. The van der Waals surface area contributed by atoms with Gasteiger partial charge in [-0.25, -0.2) is 37.0 Å². The topological polar surface area (TPSA) is 224 Å². The fourth-order valence-electron chi connectivity index (χ4n) is 3.40. The van der Waals surface area contributed by atoms with Crippen LogP contribution in [0.25, 0.3) is 11.2 Å². The van der Waals surface area contributed by atoms with Crippen LogP contribution < -0.4 is 10.5 Å². The molecule has 1 saturated heterocycles. The van der Waals surface area contributed by atoms with Crippen molar-refractivity contribution < 1.29 is 70.0 Å². The van der Waals surface area contributed by atoms with Crippen LogP contribution in [0.3, 0.4) is 0 Å². The number of alkyl halides is 2. The number of aliphatic hydroxyl groups is 1. The summed E-state index contributed by atoms with van der Waals surface area (Å²) in [7, 11) is -4.97. The summed E-state index contributed by atoms with van der Waals surface area (Å²) in [5.41, 5.74) is 5.64. The van der Waals surface area contributed by atoms with E-state index in [1.54, 1.807) is 6.92 Å². The van der Waals surface area contributed by atoms with E-state index in [0.29, 0.717) is 0 Å². The Morgan fingerprint density at radius 3 is 2.23 bits per heavy atom. The van der Waals surface area contributed by atoms with Gasteiger partial charge in [0.15, 0.2) is 29.7 Å². The van der Waals surface area contributed by atoms with Gasteiger partial charge in [-0.1, -0.05) is 0 Å². The Bertz CT molecular complexity index is 1290. The highest BCUT2D eigenvalue weighted by Crippen LogP contribution is 2.52. The molecule has 1 aliphatic rings. The fraction of sp³-hybridized carbons (Fsp3) is 0.682. The predicted molar refractivity (Wildman–Crippen MR) is 137 cm³/mol. The molecule has 2 aromatic heterocycles. The molecule has 3 heterocycles. The maximum absolute atomic E-state index is 15.8. The average molecular weight is 643 g/mol. The van der Waals surface area contributed by atoms with E-state index in [4.69, 9.17) is 38.3 Å². The number of ether oxygens (including phenoxy) is 6. The molecule has 242 valence electrons. The number of nitrogens with zero attached hydrogens (tertiary/aromatic N) is 4. The lowest BCUT2D eigenvalue weighted by Crippen LogP contribution is -2.42. The second-order valence-electron chi connectivity index (χ2n) is 9.16. The van der Waals surface area contributed by atoms with E-state index in [9.17, 15) is 19.3 Å². The largest absolute Gasteiger partial charge is 0.510 e. The summed E-state index contributed by atoms with van der Waals surface area (Å²) in [4.78, 5) is 35.1. The molecule has 2 aromatic rings. The van der Waals surface area contributed by atoms with Gasteiger partial charge in [0.1, 0.15) is 6.61 Å². The van der Waals surface area contributed by atoms with Crippen LogP contribution in [0.5, 0.6) is 5.88 Å². The molecule has 21 heteroatoms. The first-order chi connectivity index (χ1) is 20.2. The predicted octanol–water partition coefficient (Wildman–Crippen LogP) is 2.90. The van der Waals surface area contributed by atoms with Gasteiger partial charge in [0.05, 0.1) is 25.1 Å². The molecular weight excluding hydrogens is 611 g/mol. The third-order valence-electron chi connectivity index (χ3n) is 5.15. The molecule has 1 aliphatic heterocycles. The first kappa shape index (κ1) is 34.1. The highest BCUT2D eigenvalue weighted by atomic mass is 31.2. The summed E-state index contributed by atoms with van der Waals surface area (Å²) >= 11 is 0. The number of hydrogen-bond acceptors (Lipinski definition) is 17. The molecule has 4 atom stereocenters. The third kappa shape index (κ3) is 8.80. The van der Waals surface area contributed by atoms with Gasteiger partial charge in [0, 0.05) is 0 Å². The minimum absolute atomic E-state index is 0.0261. The highest BCUT2D eigenvalue weighted by molar-refractivity contribution is 7.48. The number of aliphatic hydroxyl groups excluding tert-OH is 1. The maximum Gasteiger partial charge on any atom is 0.510 e. The number of carbonyl (C=O) groups is 2. The van der Waals surface area contributed by atoms with Crippen molar-refractivity contribution in [2.75, 3.05) is 32.5 Å². The molecule has 0 unspecified atom stereocenters. The summed E-state index contributed by atoms with van der Waals surface area (Å²) < 4.78 is 88.8. The number of fused-ring (bicyclic) bond motifs is 1. The zero-order chi connectivity index (χ0) is 31.9. The zero-order valence-corrected chi connectivity index (χ0v) is 24.6. The number of hydrogen-bond donors (Lipinski definition) is 2. The lowest BCUT2D eigenvalue weighted by Gasteiger charge is -2.25. The van der Waals surface area contributed by atoms with Gasteiger partial charge in [-0.3, -0.25) is 9.09 Å². The number of phosphoric acid groups is 1. The average Bonchev–Trinajstić information content (AvgIpc) is 3.41. The smallest absolute Gasteiger partial charge is 0.476 e. The zero-order valence-electron chi connectivity index (χ0n) is 23.7. The van der Waals surface area contributed by atoms with E-state index >= 15 is 8.78 Å². The van der Waals surface area contributed by atoms with Crippen LogP contribution in [-0.2, 0) is 41.8 Å². The van der Waals surface area contributed by atoms with Gasteiger partial charge in [0.25, 0.3) is 5.85 Å². The minimum Gasteiger partial charge on any atom is -0.476 e. The minimum atomic E-state index is -4.97. The standard InChI is InChI=1S/C22H32F2N5O13P/c1-6-34-17-14-16(27-19(25)28-17)29(8-26-14)18-13(23)15(30)22(24,42-18)7-37-43(33,38-9-35-20(31)40-11(2)3)39-10-36-21(32)41-12(4)5/h8,11-13,15,18,30H,6-7,9-10H2,1-5H3,(H2,25,27,28)/t13-,15+,18-,22-/m1/s1. The number of aromatic nitrogens is 4. The van der Waals surface area contributed by atoms with Crippen molar-refractivity contribution in [2.45, 2.75) is 71.2 Å². The van der Waals surface area contributed by atoms with Crippen LogP contribution in [0.2, 0.25) is 0 Å². The van der Waals surface area contributed by atoms with Crippen molar-refractivity contribution in [1.29, 1.82) is 0 Å². The van der Waals surface area contributed by atoms with Crippen molar-refractivity contribution in [3.8, 4) is 5.88 Å². The van der Waals surface area contributed by atoms with Crippen LogP contribution >= 0.6 is 7.82 Å². The van der Waals surface area contributed by atoms with Crippen molar-refractivity contribution in [3.63, 3.8) is 0 Å². The van der Waals surface area contributed by atoms with Gasteiger partial charge in [0.2, 0.25) is 25.4 Å². The molecule has 1 fully saturated rings. The van der Waals surface area contributed by atoms with Crippen molar-refractivity contribution in [1.82, 2.24) is 19.5 Å². The number of carbonyl (C=O) groups excluding carboxylic acids is 2. The second-order valence-corrected chi connectivity index (χ2v) is 10.8. The Labute approximate surface area is 243 Å². The van der Waals surface area contributed by atoms with E-state index < -0.39 is 76.9 Å². The van der Waals surface area contributed by atoms with Crippen LogP contribution in [-0.4, -0.2) is 94.1 Å². The Balaban J connectivity index is 1.75. The molecular formula is C22H32F2N5O13P. The van der Waals surface area contributed by atoms with Crippen LogP contribution in [0.15, 0.2) is 6.33 Å². The number of phosphoric ester groups is 1. The molecule has 3 rings (SSSR count). The van der Waals surface area contributed by atoms with Crippen molar-refractivity contribution in [2.24, 2.45) is 0 Å². The number of anilines is 1. The number of halogens is 2. The van der Waals surface area contributed by atoms with E-state index in [0.717, 1.165) is 10.9 Å². The van der Waals surface area contributed by atoms with Gasteiger partial charge in [-0.15, -0.1) is 0 Å². The molecule has 0 saturated carbocycles. The molecule has 0 aliphatic carbocycles. The fourth-order valence-corrected chi connectivity index (χ4v) is 4.32. The number of nitrogen functional groups attached to an aromatic ring is 1. The van der Waals surface area contributed by atoms with Crippen LogP contribution in [0.4, 0.5) is 24.3 Å². The van der Waals surface area contributed by atoms with E-state index in [2.05, 4.69) is 24.4 Å². The summed E-state index contributed by atoms with van der Waals surface area (Å²) in [6.45, 7) is 4.31. The molecule has 0 amide bonds. The highest BCUT2D eigenvalue weighted by Gasteiger charge is 2.58. The molecule has 0 aromatic carbocycles. The Kier molecular flexibility index (Phi) is 11.4. The SMILES string of the molecule is CCOc1nc(N)nc2c1ncn2[C@@H]1O[C@](F)(COP(=O)(OCOC(=O)OC(C)C)OCOC(=O)OC(C)C)[C@@H](O)[C@H]1F. The maximum atomic E-state index is 15.8. The van der Waals surface area contributed by atoms with Crippen molar-refractivity contribution >= 4 is 37.2 Å². The summed E-state index contributed by atoms with van der Waals surface area (Å²) in [6, 6.07) is 0.